The molecule has 0 bridgehead atoms. The van der Waals surface area contributed by atoms with E-state index in [0.717, 1.165) is 5.56 Å². The highest BCUT2D eigenvalue weighted by atomic mass is 16.6. The molecular formula is C20H20N2O4. The first kappa shape index (κ1) is 17.8. The molecule has 0 atom stereocenters. The van der Waals surface area contributed by atoms with Crippen LogP contribution in [0, 0.1) is 0 Å². The number of nitrogens with zero attached hydrogens (tertiary/aromatic N) is 2. The van der Waals surface area contributed by atoms with Gasteiger partial charge < -0.3 is 9.47 Å². The van der Waals surface area contributed by atoms with Crippen molar-refractivity contribution in [3.63, 3.8) is 0 Å². The van der Waals surface area contributed by atoms with E-state index in [1.54, 1.807) is 18.2 Å². The molecule has 1 aromatic heterocycles. The summed E-state index contributed by atoms with van der Waals surface area (Å²) in [6, 6.07) is 16.4. The normalized spacial score (nSPS) is 10.8. The maximum atomic E-state index is 12.9. The van der Waals surface area contributed by atoms with Gasteiger partial charge in [-0.3, -0.25) is 14.2 Å². The molecular weight excluding hydrogens is 332 g/mol. The molecule has 0 aliphatic heterocycles. The zero-order valence-corrected chi connectivity index (χ0v) is 14.6. The molecule has 0 spiro atoms. The molecule has 26 heavy (non-hydrogen) atoms. The van der Waals surface area contributed by atoms with Gasteiger partial charge in [-0.05, 0) is 19.1 Å². The van der Waals surface area contributed by atoms with E-state index in [0.29, 0.717) is 29.9 Å². The van der Waals surface area contributed by atoms with Crippen molar-refractivity contribution in [3.05, 3.63) is 65.0 Å². The molecule has 0 amide bonds. The topological polar surface area (TPSA) is 70.4 Å². The third-order valence-electron chi connectivity index (χ3n) is 3.88. The van der Waals surface area contributed by atoms with Crippen molar-refractivity contribution in [2.24, 2.45) is 0 Å². The van der Waals surface area contributed by atoms with Crippen LogP contribution < -0.4 is 5.56 Å². The standard InChI is InChI=1S/C20H20N2O4/c1-2-25-12-13-26-18(23)14-22-19(15-8-4-3-5-9-15)21-17-11-7-6-10-16(17)20(22)24/h3-11H,2,12-14H2,1H3. The summed E-state index contributed by atoms with van der Waals surface area (Å²) in [7, 11) is 0. The van der Waals surface area contributed by atoms with Crippen molar-refractivity contribution in [3.8, 4) is 11.4 Å². The molecule has 0 radical (unpaired) electrons. The van der Waals surface area contributed by atoms with E-state index in [1.165, 1.54) is 4.57 Å². The van der Waals surface area contributed by atoms with Gasteiger partial charge in [0.15, 0.2) is 0 Å². The Balaban J connectivity index is 1.98. The SMILES string of the molecule is CCOCCOC(=O)Cn1c(-c2ccccc2)nc2ccccc2c1=O. The van der Waals surface area contributed by atoms with E-state index in [1.807, 2.05) is 43.3 Å². The molecule has 1 heterocycles. The van der Waals surface area contributed by atoms with Crippen LogP contribution in [0.1, 0.15) is 6.92 Å². The van der Waals surface area contributed by atoms with Gasteiger partial charge in [0.2, 0.25) is 0 Å². The minimum Gasteiger partial charge on any atom is -0.462 e. The molecule has 0 aliphatic carbocycles. The van der Waals surface area contributed by atoms with Gasteiger partial charge in [0.25, 0.3) is 5.56 Å². The quantitative estimate of drug-likeness (QED) is 0.483. The highest BCUT2D eigenvalue weighted by Gasteiger charge is 2.15. The second kappa shape index (κ2) is 8.40. The molecule has 0 unspecified atom stereocenters. The van der Waals surface area contributed by atoms with Gasteiger partial charge in [-0.25, -0.2) is 4.98 Å². The minimum atomic E-state index is -0.499. The number of para-hydroxylation sites is 1. The fourth-order valence-corrected chi connectivity index (χ4v) is 2.66. The molecule has 6 nitrogen and oxygen atoms in total. The van der Waals surface area contributed by atoms with Crippen LogP contribution >= 0.6 is 0 Å². The summed E-state index contributed by atoms with van der Waals surface area (Å²) < 4.78 is 11.7. The number of benzene rings is 2. The van der Waals surface area contributed by atoms with E-state index in [-0.39, 0.29) is 18.7 Å². The summed E-state index contributed by atoms with van der Waals surface area (Å²) in [5.74, 6) is -0.0582. The number of fused-ring (bicyclic) bond motifs is 1. The molecule has 2 aromatic carbocycles. The van der Waals surface area contributed by atoms with Gasteiger partial charge >= 0.3 is 5.97 Å². The Hall–Kier alpha value is -2.99. The highest BCUT2D eigenvalue weighted by Crippen LogP contribution is 2.18. The summed E-state index contributed by atoms with van der Waals surface area (Å²) in [5, 5.41) is 0.467. The second-order valence-corrected chi connectivity index (χ2v) is 5.63. The van der Waals surface area contributed by atoms with Crippen molar-refractivity contribution < 1.29 is 14.3 Å². The van der Waals surface area contributed by atoms with Gasteiger partial charge in [0, 0.05) is 12.2 Å². The zero-order valence-electron chi connectivity index (χ0n) is 14.6. The van der Waals surface area contributed by atoms with Gasteiger partial charge in [-0.1, -0.05) is 42.5 Å². The largest absolute Gasteiger partial charge is 0.462 e. The van der Waals surface area contributed by atoms with Crippen molar-refractivity contribution in [1.82, 2.24) is 9.55 Å². The Morgan fingerprint density at radius 2 is 1.77 bits per heavy atom. The number of aromatic nitrogens is 2. The Morgan fingerprint density at radius 3 is 2.54 bits per heavy atom. The number of hydrogen-bond acceptors (Lipinski definition) is 5. The van der Waals surface area contributed by atoms with Gasteiger partial charge in [-0.2, -0.15) is 0 Å². The molecule has 3 rings (SSSR count). The lowest BCUT2D eigenvalue weighted by Crippen LogP contribution is -2.28. The summed E-state index contributed by atoms with van der Waals surface area (Å²) in [6.07, 6.45) is 0. The predicted octanol–water partition coefficient (Wildman–Crippen LogP) is 2.64. The van der Waals surface area contributed by atoms with Crippen LogP contribution in [-0.2, 0) is 20.8 Å². The number of esters is 1. The van der Waals surface area contributed by atoms with Crippen molar-refractivity contribution in [2.45, 2.75) is 13.5 Å². The lowest BCUT2D eigenvalue weighted by molar-refractivity contribution is -0.145. The zero-order chi connectivity index (χ0) is 18.4. The Labute approximate surface area is 151 Å². The van der Waals surface area contributed by atoms with Gasteiger partial charge in [0.1, 0.15) is 19.0 Å². The van der Waals surface area contributed by atoms with E-state index in [9.17, 15) is 9.59 Å². The van der Waals surface area contributed by atoms with E-state index in [4.69, 9.17) is 9.47 Å². The summed E-state index contributed by atoms with van der Waals surface area (Å²) in [5.41, 5.74) is 1.09. The average molecular weight is 352 g/mol. The average Bonchev–Trinajstić information content (AvgIpc) is 2.68. The maximum absolute atomic E-state index is 12.9. The fourth-order valence-electron chi connectivity index (χ4n) is 2.66. The summed E-state index contributed by atoms with van der Waals surface area (Å²) in [4.78, 5) is 29.7. The molecule has 134 valence electrons. The van der Waals surface area contributed by atoms with Crippen LogP contribution in [0.2, 0.25) is 0 Å². The predicted molar refractivity (Wildman–Crippen MR) is 98.9 cm³/mol. The van der Waals surface area contributed by atoms with Crippen LogP contribution in [0.4, 0.5) is 0 Å². The molecule has 0 aliphatic rings. The number of ether oxygens (including phenoxy) is 2. The molecule has 0 saturated heterocycles. The maximum Gasteiger partial charge on any atom is 0.326 e. The first-order valence-corrected chi connectivity index (χ1v) is 8.49. The number of carbonyl (C=O) groups excluding carboxylic acids is 1. The first-order valence-electron chi connectivity index (χ1n) is 8.49. The summed E-state index contributed by atoms with van der Waals surface area (Å²) >= 11 is 0. The molecule has 0 fully saturated rings. The van der Waals surface area contributed by atoms with E-state index >= 15 is 0 Å². The Bertz CT molecular complexity index is 951. The Morgan fingerprint density at radius 1 is 1.04 bits per heavy atom. The number of carbonyl (C=O) groups is 1. The fraction of sp³-hybridized carbons (Fsp3) is 0.250. The molecule has 0 N–H and O–H groups in total. The summed E-state index contributed by atoms with van der Waals surface area (Å²) in [6.45, 7) is 2.72. The first-order chi connectivity index (χ1) is 12.7. The number of rotatable bonds is 7. The van der Waals surface area contributed by atoms with E-state index in [2.05, 4.69) is 4.98 Å². The van der Waals surface area contributed by atoms with Crippen molar-refractivity contribution in [1.29, 1.82) is 0 Å². The minimum absolute atomic E-state index is 0.156. The van der Waals surface area contributed by atoms with E-state index < -0.39 is 5.97 Å². The lowest BCUT2D eigenvalue weighted by atomic mass is 10.2. The van der Waals surface area contributed by atoms with Gasteiger partial charge in [0.05, 0.1) is 17.5 Å². The van der Waals surface area contributed by atoms with Crippen LogP contribution in [-0.4, -0.2) is 35.3 Å². The van der Waals surface area contributed by atoms with Gasteiger partial charge in [-0.15, -0.1) is 0 Å². The Kier molecular flexibility index (Phi) is 5.76. The molecule has 3 aromatic rings. The molecule has 6 heteroatoms. The van der Waals surface area contributed by atoms with Crippen molar-refractivity contribution >= 4 is 16.9 Å². The third-order valence-corrected chi connectivity index (χ3v) is 3.88. The van der Waals surface area contributed by atoms with Crippen LogP contribution in [0.5, 0.6) is 0 Å². The van der Waals surface area contributed by atoms with Crippen molar-refractivity contribution in [2.75, 3.05) is 19.8 Å². The van der Waals surface area contributed by atoms with Crippen LogP contribution in [0.25, 0.3) is 22.3 Å². The highest BCUT2D eigenvalue weighted by molar-refractivity contribution is 5.80. The van der Waals surface area contributed by atoms with Crippen LogP contribution in [0.15, 0.2) is 59.4 Å². The monoisotopic (exact) mass is 352 g/mol. The lowest BCUT2D eigenvalue weighted by Gasteiger charge is -2.13. The smallest absolute Gasteiger partial charge is 0.326 e. The number of hydrogen-bond donors (Lipinski definition) is 0. The second-order valence-electron chi connectivity index (χ2n) is 5.63. The third kappa shape index (κ3) is 3.97. The van der Waals surface area contributed by atoms with Crippen LogP contribution in [0.3, 0.4) is 0 Å². The molecule has 0 saturated carbocycles.